The molecule has 0 bridgehead atoms. The third-order valence-corrected chi connectivity index (χ3v) is 4.07. The minimum Gasteiger partial charge on any atom is -0.289 e. The number of rotatable bonds is 2. The summed E-state index contributed by atoms with van der Waals surface area (Å²) < 4.78 is 0. The van der Waals surface area contributed by atoms with Crippen LogP contribution in [-0.4, -0.2) is 5.78 Å². The number of ketones is 1. The van der Waals surface area contributed by atoms with E-state index in [9.17, 15) is 4.79 Å². The summed E-state index contributed by atoms with van der Waals surface area (Å²) in [6.07, 6.45) is 0. The largest absolute Gasteiger partial charge is 0.289 e. The van der Waals surface area contributed by atoms with Crippen LogP contribution in [0.3, 0.4) is 0 Å². The van der Waals surface area contributed by atoms with Crippen LogP contribution < -0.4 is 0 Å². The Morgan fingerprint density at radius 1 is 0.500 bits per heavy atom. The zero-order valence-corrected chi connectivity index (χ0v) is 12.0. The SMILES string of the molecule is O=C(c1ccc2cccccc1-2)c1ccc2cccccc1-2. The molecule has 0 saturated carbocycles. The summed E-state index contributed by atoms with van der Waals surface area (Å²) in [7, 11) is 0. The maximum Gasteiger partial charge on any atom is 0.194 e. The third kappa shape index (κ3) is 1.99. The average Bonchev–Trinajstić information content (AvgIpc) is 2.93. The van der Waals surface area contributed by atoms with Gasteiger partial charge in [-0.1, -0.05) is 72.8 Å². The summed E-state index contributed by atoms with van der Waals surface area (Å²) in [6.45, 7) is 0. The van der Waals surface area contributed by atoms with Crippen LogP contribution in [0.5, 0.6) is 0 Å². The highest BCUT2D eigenvalue weighted by Gasteiger charge is 2.20. The molecule has 104 valence electrons. The first-order chi connectivity index (χ1) is 10.8. The van der Waals surface area contributed by atoms with Gasteiger partial charge in [0.1, 0.15) is 0 Å². The van der Waals surface area contributed by atoms with Crippen LogP contribution in [0.2, 0.25) is 0 Å². The van der Waals surface area contributed by atoms with E-state index in [1.54, 1.807) is 0 Å². The Bertz CT molecular complexity index is 832. The summed E-state index contributed by atoms with van der Waals surface area (Å²) >= 11 is 0. The second kappa shape index (κ2) is 5.12. The lowest BCUT2D eigenvalue weighted by Crippen LogP contribution is -2.00. The number of fused-ring (bicyclic) bond motifs is 2. The summed E-state index contributed by atoms with van der Waals surface area (Å²) in [6, 6.07) is 27.8. The lowest BCUT2D eigenvalue weighted by atomic mass is 9.99. The highest BCUT2D eigenvalue weighted by atomic mass is 16.1. The van der Waals surface area contributed by atoms with Gasteiger partial charge in [-0.15, -0.1) is 0 Å². The maximum atomic E-state index is 13.0. The minimum absolute atomic E-state index is 0.0856. The fourth-order valence-corrected chi connectivity index (χ4v) is 2.97. The van der Waals surface area contributed by atoms with E-state index < -0.39 is 0 Å². The van der Waals surface area contributed by atoms with Gasteiger partial charge in [-0.3, -0.25) is 4.79 Å². The van der Waals surface area contributed by atoms with Crippen molar-refractivity contribution >= 4 is 5.78 Å². The normalized spacial score (nSPS) is 10.9. The van der Waals surface area contributed by atoms with Crippen molar-refractivity contribution in [3.8, 4) is 22.3 Å². The first-order valence-corrected chi connectivity index (χ1v) is 7.35. The Balaban J connectivity index is 1.85. The van der Waals surface area contributed by atoms with Gasteiger partial charge in [0.15, 0.2) is 5.78 Å². The van der Waals surface area contributed by atoms with Crippen molar-refractivity contribution in [2.24, 2.45) is 0 Å². The average molecular weight is 282 g/mol. The van der Waals surface area contributed by atoms with Crippen LogP contribution >= 0.6 is 0 Å². The van der Waals surface area contributed by atoms with Gasteiger partial charge in [0.2, 0.25) is 0 Å². The molecule has 0 aliphatic heterocycles. The lowest BCUT2D eigenvalue weighted by Gasteiger charge is -2.03. The van der Waals surface area contributed by atoms with E-state index in [2.05, 4.69) is 0 Å². The third-order valence-electron chi connectivity index (χ3n) is 4.07. The summed E-state index contributed by atoms with van der Waals surface area (Å²) in [5.74, 6) is 0.0856. The molecular weight excluding hydrogens is 268 g/mol. The van der Waals surface area contributed by atoms with Gasteiger partial charge in [0.25, 0.3) is 0 Å². The predicted molar refractivity (Wildman–Crippen MR) is 89.6 cm³/mol. The minimum atomic E-state index is 0.0856. The van der Waals surface area contributed by atoms with E-state index in [-0.39, 0.29) is 5.78 Å². The van der Waals surface area contributed by atoms with Crippen molar-refractivity contribution in [3.05, 3.63) is 96.1 Å². The molecule has 1 heteroatoms. The quantitative estimate of drug-likeness (QED) is 0.466. The molecule has 4 rings (SSSR count). The molecule has 0 aromatic rings. The molecular formula is C21H14O. The molecule has 0 heterocycles. The molecule has 4 aliphatic rings. The Hall–Kier alpha value is -2.93. The van der Waals surface area contributed by atoms with Crippen molar-refractivity contribution in [3.63, 3.8) is 0 Å². The second-order valence-corrected chi connectivity index (χ2v) is 5.38. The van der Waals surface area contributed by atoms with Crippen LogP contribution in [0.25, 0.3) is 22.3 Å². The first-order valence-electron chi connectivity index (χ1n) is 7.35. The molecule has 0 aromatic heterocycles. The van der Waals surface area contributed by atoms with Gasteiger partial charge >= 0.3 is 0 Å². The number of hydrogen-bond donors (Lipinski definition) is 0. The monoisotopic (exact) mass is 282 g/mol. The van der Waals surface area contributed by atoms with Gasteiger partial charge in [-0.25, -0.2) is 0 Å². The first kappa shape index (κ1) is 12.8. The van der Waals surface area contributed by atoms with Crippen LogP contribution in [0.1, 0.15) is 15.9 Å². The summed E-state index contributed by atoms with van der Waals surface area (Å²) in [4.78, 5) is 13.0. The van der Waals surface area contributed by atoms with E-state index in [0.717, 1.165) is 33.4 Å². The highest BCUT2D eigenvalue weighted by molar-refractivity contribution is 6.17. The lowest BCUT2D eigenvalue weighted by molar-refractivity contribution is 0.104. The van der Waals surface area contributed by atoms with Crippen LogP contribution in [0.15, 0.2) is 84.9 Å². The van der Waals surface area contributed by atoms with Crippen LogP contribution in [-0.2, 0) is 0 Å². The molecule has 0 atom stereocenters. The van der Waals surface area contributed by atoms with Gasteiger partial charge in [-0.05, 0) is 34.4 Å². The van der Waals surface area contributed by atoms with Crippen molar-refractivity contribution in [1.82, 2.24) is 0 Å². The fraction of sp³-hybridized carbons (Fsp3) is 0. The number of carbonyl (C=O) groups is 1. The molecule has 0 saturated heterocycles. The molecule has 0 N–H and O–H groups in total. The van der Waals surface area contributed by atoms with Crippen molar-refractivity contribution in [2.75, 3.05) is 0 Å². The Labute approximate surface area is 129 Å². The van der Waals surface area contributed by atoms with Gasteiger partial charge < -0.3 is 0 Å². The second-order valence-electron chi connectivity index (χ2n) is 5.38. The van der Waals surface area contributed by atoms with E-state index in [0.29, 0.717) is 0 Å². The Kier molecular flexibility index (Phi) is 2.97. The Morgan fingerprint density at radius 3 is 1.45 bits per heavy atom. The van der Waals surface area contributed by atoms with Gasteiger partial charge in [0.05, 0.1) is 0 Å². The molecule has 4 aliphatic carbocycles. The molecule has 0 amide bonds. The zero-order valence-electron chi connectivity index (χ0n) is 12.0. The van der Waals surface area contributed by atoms with Gasteiger partial charge in [0, 0.05) is 11.1 Å². The molecule has 1 nitrogen and oxygen atoms in total. The van der Waals surface area contributed by atoms with E-state index in [4.69, 9.17) is 0 Å². The van der Waals surface area contributed by atoms with Crippen molar-refractivity contribution < 1.29 is 4.79 Å². The fourth-order valence-electron chi connectivity index (χ4n) is 2.97. The number of carbonyl (C=O) groups excluding carboxylic acids is 1. The summed E-state index contributed by atoms with van der Waals surface area (Å²) in [5.41, 5.74) is 5.73. The van der Waals surface area contributed by atoms with E-state index in [1.165, 1.54) is 0 Å². The molecule has 0 aromatic carbocycles. The molecule has 0 fully saturated rings. The molecule has 22 heavy (non-hydrogen) atoms. The van der Waals surface area contributed by atoms with Crippen LogP contribution in [0, 0.1) is 0 Å². The predicted octanol–water partition coefficient (Wildman–Crippen LogP) is 5.13. The van der Waals surface area contributed by atoms with Gasteiger partial charge in [-0.2, -0.15) is 0 Å². The standard InChI is InChI=1S/C21H14O/c22-21(19-13-11-15-7-3-1-5-9-17(15)19)20-14-12-16-8-4-2-6-10-18(16)20/h1-14H. The Morgan fingerprint density at radius 2 is 0.955 bits per heavy atom. The molecule has 0 radical (unpaired) electrons. The van der Waals surface area contributed by atoms with Crippen molar-refractivity contribution in [2.45, 2.75) is 0 Å². The van der Waals surface area contributed by atoms with E-state index >= 15 is 0 Å². The summed E-state index contributed by atoms with van der Waals surface area (Å²) in [5, 5.41) is 0. The van der Waals surface area contributed by atoms with Crippen molar-refractivity contribution in [1.29, 1.82) is 0 Å². The molecule has 0 unspecified atom stereocenters. The van der Waals surface area contributed by atoms with Crippen LogP contribution in [0.4, 0.5) is 0 Å². The van der Waals surface area contributed by atoms with E-state index in [1.807, 2.05) is 84.9 Å². The zero-order chi connectivity index (χ0) is 14.9. The molecule has 0 spiro atoms. The maximum absolute atomic E-state index is 13.0. The topological polar surface area (TPSA) is 17.1 Å². The smallest absolute Gasteiger partial charge is 0.194 e. The highest BCUT2D eigenvalue weighted by Crippen LogP contribution is 2.33. The number of hydrogen-bond acceptors (Lipinski definition) is 1.